The molecule has 42 heavy (non-hydrogen) atoms. The fraction of sp³-hybridized carbons (Fsp3) is 0.391. The molecule has 1 aromatic carbocycles. The van der Waals surface area contributed by atoms with Gasteiger partial charge in [0.1, 0.15) is 30.5 Å². The maximum Gasteiger partial charge on any atom is 0.330 e. The number of nitrogens with two attached hydrogens (primary N) is 1. The lowest BCUT2D eigenvalue weighted by atomic mass is 10.0. The van der Waals surface area contributed by atoms with Gasteiger partial charge in [0.2, 0.25) is 18.0 Å². The van der Waals surface area contributed by atoms with Crippen LogP contribution in [0.4, 0.5) is 15.8 Å². The Balaban J connectivity index is 1.55. The first kappa shape index (κ1) is 30.4. The highest BCUT2D eigenvalue weighted by Crippen LogP contribution is 2.34. The number of amides is 2. The minimum Gasteiger partial charge on any atom is -0.456 e. The van der Waals surface area contributed by atoms with Crippen LogP contribution in [-0.2, 0) is 28.5 Å². The number of aliphatic hydroxyl groups is 3. The van der Waals surface area contributed by atoms with Crippen LogP contribution < -0.4 is 22.3 Å². The van der Waals surface area contributed by atoms with Gasteiger partial charge in [-0.05, 0) is 18.2 Å². The van der Waals surface area contributed by atoms with Crippen LogP contribution in [0.15, 0.2) is 51.9 Å². The van der Waals surface area contributed by atoms with E-state index in [1.54, 1.807) is 0 Å². The zero-order chi connectivity index (χ0) is 30.9. The summed E-state index contributed by atoms with van der Waals surface area (Å²) in [7, 11) is 1.14. The molecule has 1 aromatic heterocycles. The molecule has 0 bridgehead atoms. The fourth-order valence-corrected chi connectivity index (χ4v) is 4.31. The quantitative estimate of drug-likeness (QED) is 0.127. The van der Waals surface area contributed by atoms with Gasteiger partial charge in [-0.25, -0.2) is 4.79 Å². The van der Waals surface area contributed by atoms with Crippen LogP contribution >= 0.6 is 0 Å². The number of nitrogens with one attached hydrogen (secondary N) is 2. The Morgan fingerprint density at radius 1 is 1.24 bits per heavy atom. The fourth-order valence-electron chi connectivity index (χ4n) is 4.31. The number of hydrogen-bond donors (Lipinski definition) is 6. The molecule has 1 unspecified atom stereocenters. The third-order valence-corrected chi connectivity index (χ3v) is 6.32. The van der Waals surface area contributed by atoms with E-state index in [0.29, 0.717) is 0 Å². The molecule has 0 saturated carbocycles. The number of aliphatic hydroxyl groups excluding tert-OH is 3. The van der Waals surface area contributed by atoms with Gasteiger partial charge in [-0.2, -0.15) is 4.39 Å². The van der Waals surface area contributed by atoms with Crippen molar-refractivity contribution < 1.29 is 53.2 Å². The van der Waals surface area contributed by atoms with Crippen molar-refractivity contribution in [2.45, 2.75) is 49.1 Å². The molecular formula is C23H24FN5O13. The lowest BCUT2D eigenvalue weighted by Crippen LogP contribution is -2.53. The average Bonchev–Trinajstić information content (AvgIpc) is 3.25. The van der Waals surface area contributed by atoms with E-state index in [1.807, 2.05) is 4.98 Å². The summed E-state index contributed by atoms with van der Waals surface area (Å²) in [5.74, 6) is -4.16. The number of primary amides is 1. The van der Waals surface area contributed by atoms with Crippen LogP contribution in [0.25, 0.3) is 0 Å². The number of carbonyl (C=O) groups is 2. The molecule has 4 rings (SSSR count). The average molecular weight is 597 g/mol. The number of anilines is 1. The lowest BCUT2D eigenvalue weighted by Gasteiger charge is -2.35. The molecule has 18 nitrogen and oxygen atoms in total. The van der Waals surface area contributed by atoms with E-state index in [9.17, 15) is 49.0 Å². The monoisotopic (exact) mass is 597 g/mol. The Hall–Kier alpha value is -4.53. The Morgan fingerprint density at radius 3 is 2.57 bits per heavy atom. The van der Waals surface area contributed by atoms with Gasteiger partial charge in [0.15, 0.2) is 18.1 Å². The molecule has 1 saturated heterocycles. The van der Waals surface area contributed by atoms with Gasteiger partial charge >= 0.3 is 11.4 Å². The van der Waals surface area contributed by atoms with Crippen LogP contribution in [-0.4, -0.2) is 91.6 Å². The number of nitro benzene ring substituents is 1. The number of rotatable bonds is 9. The predicted molar refractivity (Wildman–Crippen MR) is 133 cm³/mol. The first-order valence-corrected chi connectivity index (χ1v) is 11.9. The van der Waals surface area contributed by atoms with E-state index >= 15 is 0 Å². The van der Waals surface area contributed by atoms with E-state index in [4.69, 9.17) is 24.7 Å². The molecule has 2 aromatic rings. The van der Waals surface area contributed by atoms with Crippen LogP contribution in [0.5, 0.6) is 0 Å². The SMILES string of the molecule is CO[C@H]1[C@@H](O)[C@H](n2ccc(=O)[nH]c2=O)O[C@@H]1C(O[C@H]1OC(C(=O)Nc2ccc(F)c([N+](=O)[O-])c2)=C[C@H](O)[C@@H]1O)C(N)=O. The number of carbonyl (C=O) groups excluding carboxylic acids is 2. The molecule has 3 heterocycles. The Kier molecular flexibility index (Phi) is 8.80. The molecule has 2 amide bonds. The highest BCUT2D eigenvalue weighted by molar-refractivity contribution is 6.02. The summed E-state index contributed by atoms with van der Waals surface area (Å²) in [4.78, 5) is 60.8. The van der Waals surface area contributed by atoms with Gasteiger partial charge in [0.05, 0.1) is 4.92 Å². The number of ether oxygens (including phenoxy) is 4. The summed E-state index contributed by atoms with van der Waals surface area (Å²) in [5.41, 5.74) is 2.65. The molecule has 1 fully saturated rings. The highest BCUT2D eigenvalue weighted by atomic mass is 19.1. The number of hydrogen-bond acceptors (Lipinski definition) is 13. The first-order chi connectivity index (χ1) is 19.8. The third-order valence-electron chi connectivity index (χ3n) is 6.32. The van der Waals surface area contributed by atoms with Crippen molar-refractivity contribution in [3.8, 4) is 0 Å². The smallest absolute Gasteiger partial charge is 0.330 e. The van der Waals surface area contributed by atoms with E-state index in [2.05, 4.69) is 5.32 Å². The Labute approximate surface area is 232 Å². The number of aromatic amines is 1. The van der Waals surface area contributed by atoms with E-state index in [-0.39, 0.29) is 5.69 Å². The molecule has 19 heteroatoms. The molecule has 2 aliphatic rings. The largest absolute Gasteiger partial charge is 0.456 e. The summed E-state index contributed by atoms with van der Waals surface area (Å²) in [5, 5.41) is 44.7. The number of halogens is 1. The van der Waals surface area contributed by atoms with Crippen LogP contribution in [0.1, 0.15) is 6.23 Å². The van der Waals surface area contributed by atoms with Gasteiger partial charge in [-0.1, -0.05) is 0 Å². The number of H-pyrrole nitrogens is 1. The Bertz CT molecular complexity index is 1530. The number of methoxy groups -OCH3 is 1. The third kappa shape index (κ3) is 6.05. The van der Waals surface area contributed by atoms with Gasteiger partial charge < -0.3 is 45.3 Å². The maximum absolute atomic E-state index is 13.6. The molecular weight excluding hydrogens is 573 g/mol. The highest BCUT2D eigenvalue weighted by Gasteiger charge is 2.52. The molecule has 7 N–H and O–H groups in total. The summed E-state index contributed by atoms with van der Waals surface area (Å²) in [6.45, 7) is 0. The number of nitro groups is 1. The minimum absolute atomic E-state index is 0.217. The zero-order valence-corrected chi connectivity index (χ0v) is 21.4. The second kappa shape index (κ2) is 12.1. The zero-order valence-electron chi connectivity index (χ0n) is 21.4. The summed E-state index contributed by atoms with van der Waals surface area (Å²) >= 11 is 0. The first-order valence-electron chi connectivity index (χ1n) is 11.9. The van der Waals surface area contributed by atoms with Gasteiger partial charge in [0, 0.05) is 31.1 Å². The van der Waals surface area contributed by atoms with Gasteiger partial charge in [0.25, 0.3) is 11.5 Å². The Morgan fingerprint density at radius 2 is 1.95 bits per heavy atom. The topological polar surface area (TPSA) is 268 Å². The van der Waals surface area contributed by atoms with Gasteiger partial charge in [-0.15, -0.1) is 0 Å². The van der Waals surface area contributed by atoms with Crippen molar-refractivity contribution in [3.63, 3.8) is 0 Å². The van der Waals surface area contributed by atoms with Crippen molar-refractivity contribution in [3.05, 3.63) is 79.1 Å². The summed E-state index contributed by atoms with van der Waals surface area (Å²) < 4.78 is 36.2. The van der Waals surface area contributed by atoms with Gasteiger partial charge in [-0.3, -0.25) is 34.0 Å². The van der Waals surface area contributed by atoms with Crippen LogP contribution in [0, 0.1) is 15.9 Å². The summed E-state index contributed by atoms with van der Waals surface area (Å²) in [6.07, 6.45) is -11.8. The standard InChI is InChI=1S/C23H24FN5O13/c1-39-16-15(33)21(28-5-4-13(31)27-23(28)36)41-17(16)18(19(25)34)42-22-14(32)11(30)7-12(40-22)20(35)26-8-2-3-9(24)10(6-8)29(37)38/h2-7,11,14-18,21-22,30,32-33H,1H3,(H2,25,34)(H,26,35)(H,27,31,36)/t11-,14-,15+,16-,17-,18?,21+,22+/m0/s1. The molecule has 0 spiro atoms. The van der Waals surface area contributed by atoms with Crippen molar-refractivity contribution in [1.82, 2.24) is 9.55 Å². The van der Waals surface area contributed by atoms with Crippen molar-refractivity contribution >= 4 is 23.2 Å². The second-order valence-electron chi connectivity index (χ2n) is 9.03. The van der Waals surface area contributed by atoms with Crippen molar-refractivity contribution in [1.29, 1.82) is 0 Å². The number of nitrogens with zero attached hydrogens (tertiary/aromatic N) is 2. The second-order valence-corrected chi connectivity index (χ2v) is 9.03. The molecule has 8 atom stereocenters. The molecule has 226 valence electrons. The van der Waals surface area contributed by atoms with E-state index in [1.165, 1.54) is 0 Å². The normalized spacial score (nSPS) is 27.9. The van der Waals surface area contributed by atoms with Crippen molar-refractivity contribution in [2.75, 3.05) is 12.4 Å². The molecule has 0 aliphatic carbocycles. The predicted octanol–water partition coefficient (Wildman–Crippen LogP) is -2.67. The minimum atomic E-state index is -1.96. The van der Waals surface area contributed by atoms with E-state index < -0.39 is 94.4 Å². The lowest BCUT2D eigenvalue weighted by molar-refractivity contribution is -0.387. The van der Waals surface area contributed by atoms with Crippen LogP contribution in [0.2, 0.25) is 0 Å². The maximum atomic E-state index is 13.6. The van der Waals surface area contributed by atoms with Crippen molar-refractivity contribution in [2.24, 2.45) is 5.73 Å². The summed E-state index contributed by atoms with van der Waals surface area (Å²) in [6, 6.07) is 3.47. The number of aromatic nitrogens is 2. The van der Waals surface area contributed by atoms with E-state index in [0.717, 1.165) is 48.2 Å². The molecule has 2 aliphatic heterocycles. The molecule has 0 radical (unpaired) electrons. The number of benzene rings is 1. The van der Waals surface area contributed by atoms with Crippen LogP contribution in [0.3, 0.4) is 0 Å².